The van der Waals surface area contributed by atoms with Gasteiger partial charge in [-0.15, -0.1) is 0 Å². The van der Waals surface area contributed by atoms with Crippen molar-refractivity contribution in [1.29, 1.82) is 0 Å². The fourth-order valence-corrected chi connectivity index (χ4v) is 2.23. The fourth-order valence-electron chi connectivity index (χ4n) is 2.23. The predicted molar refractivity (Wildman–Crippen MR) is 94.8 cm³/mol. The van der Waals surface area contributed by atoms with Crippen molar-refractivity contribution in [2.75, 3.05) is 13.7 Å². The van der Waals surface area contributed by atoms with E-state index in [-0.39, 0.29) is 12.1 Å². The smallest absolute Gasteiger partial charge is 0.317 e. The van der Waals surface area contributed by atoms with E-state index < -0.39 is 0 Å². The molecule has 1 heterocycles. The Bertz CT molecular complexity index is 673. The Hall–Kier alpha value is -2.82. The van der Waals surface area contributed by atoms with Crippen LogP contribution < -0.4 is 10.1 Å². The van der Waals surface area contributed by atoms with Crippen molar-refractivity contribution < 1.29 is 9.53 Å². The van der Waals surface area contributed by atoms with E-state index in [0.717, 1.165) is 17.0 Å². The standard InChI is InChI=1S/C19H23N3O2/c1-4-13-24-18-11-6-5-9-16(18)14-21-19(23)22(3)15(2)17-10-7-8-12-20-17/h4-12,15H,1,13-14H2,2-3H3,(H,21,23)/t15-/m0/s1. The van der Waals surface area contributed by atoms with Gasteiger partial charge in [0.2, 0.25) is 0 Å². The molecule has 2 amide bonds. The van der Waals surface area contributed by atoms with Gasteiger partial charge in [-0.05, 0) is 25.1 Å². The predicted octanol–water partition coefficient (Wildman–Crippen LogP) is 3.55. The van der Waals surface area contributed by atoms with Gasteiger partial charge in [0.1, 0.15) is 12.4 Å². The molecule has 5 heteroatoms. The molecule has 1 atom stereocenters. The van der Waals surface area contributed by atoms with Crippen molar-refractivity contribution >= 4 is 6.03 Å². The van der Waals surface area contributed by atoms with Gasteiger partial charge in [0.05, 0.1) is 11.7 Å². The monoisotopic (exact) mass is 325 g/mol. The maximum absolute atomic E-state index is 12.4. The zero-order valence-electron chi connectivity index (χ0n) is 14.1. The third-order valence-electron chi connectivity index (χ3n) is 3.78. The number of para-hydroxylation sites is 1. The van der Waals surface area contributed by atoms with Gasteiger partial charge in [-0.2, -0.15) is 0 Å². The number of ether oxygens (including phenoxy) is 1. The number of benzene rings is 1. The number of carbonyl (C=O) groups is 1. The quantitative estimate of drug-likeness (QED) is 0.792. The lowest BCUT2D eigenvalue weighted by Gasteiger charge is -2.25. The van der Waals surface area contributed by atoms with Crippen LogP contribution >= 0.6 is 0 Å². The Morgan fingerprint density at radius 1 is 1.33 bits per heavy atom. The molecule has 1 aromatic carbocycles. The van der Waals surface area contributed by atoms with Gasteiger partial charge in [0.25, 0.3) is 0 Å². The summed E-state index contributed by atoms with van der Waals surface area (Å²) in [7, 11) is 1.76. The molecule has 0 spiro atoms. The number of pyridine rings is 1. The molecule has 0 fully saturated rings. The molecule has 24 heavy (non-hydrogen) atoms. The highest BCUT2D eigenvalue weighted by Gasteiger charge is 2.18. The Morgan fingerprint density at radius 3 is 2.79 bits per heavy atom. The molecule has 2 aromatic rings. The highest BCUT2D eigenvalue weighted by atomic mass is 16.5. The third-order valence-corrected chi connectivity index (χ3v) is 3.78. The van der Waals surface area contributed by atoms with Crippen LogP contribution in [-0.4, -0.2) is 29.6 Å². The zero-order chi connectivity index (χ0) is 17.4. The second kappa shape index (κ2) is 8.72. The summed E-state index contributed by atoms with van der Waals surface area (Å²) < 4.78 is 5.60. The first-order chi connectivity index (χ1) is 11.6. The Morgan fingerprint density at radius 2 is 2.08 bits per heavy atom. The second-order valence-corrected chi connectivity index (χ2v) is 5.41. The lowest BCUT2D eigenvalue weighted by molar-refractivity contribution is 0.193. The highest BCUT2D eigenvalue weighted by molar-refractivity contribution is 5.74. The van der Waals surface area contributed by atoms with Gasteiger partial charge in [-0.3, -0.25) is 4.98 Å². The largest absolute Gasteiger partial charge is 0.489 e. The normalized spacial score (nSPS) is 11.4. The number of hydrogen-bond donors (Lipinski definition) is 1. The number of carbonyl (C=O) groups excluding carboxylic acids is 1. The molecule has 0 aliphatic carbocycles. The summed E-state index contributed by atoms with van der Waals surface area (Å²) in [4.78, 5) is 18.3. The number of nitrogens with one attached hydrogen (secondary N) is 1. The minimum Gasteiger partial charge on any atom is -0.489 e. The van der Waals surface area contributed by atoms with Crippen molar-refractivity contribution in [2.24, 2.45) is 0 Å². The molecule has 1 aromatic heterocycles. The van der Waals surface area contributed by atoms with Gasteiger partial charge in [-0.1, -0.05) is 36.9 Å². The average Bonchev–Trinajstić information content (AvgIpc) is 2.64. The summed E-state index contributed by atoms with van der Waals surface area (Å²) in [5.41, 5.74) is 1.77. The molecule has 0 unspecified atom stereocenters. The Balaban J connectivity index is 1.96. The molecule has 0 aliphatic rings. The van der Waals surface area contributed by atoms with Crippen LogP contribution in [0.15, 0.2) is 61.3 Å². The van der Waals surface area contributed by atoms with E-state index >= 15 is 0 Å². The lowest BCUT2D eigenvalue weighted by atomic mass is 10.2. The molecule has 0 radical (unpaired) electrons. The second-order valence-electron chi connectivity index (χ2n) is 5.41. The maximum atomic E-state index is 12.4. The molecule has 0 bridgehead atoms. The summed E-state index contributed by atoms with van der Waals surface area (Å²) in [6.45, 7) is 6.42. The van der Waals surface area contributed by atoms with Crippen LogP contribution in [-0.2, 0) is 6.54 Å². The summed E-state index contributed by atoms with van der Waals surface area (Å²) in [5, 5.41) is 2.92. The van der Waals surface area contributed by atoms with E-state index in [1.807, 2.05) is 49.4 Å². The first kappa shape index (κ1) is 17.5. The van der Waals surface area contributed by atoms with Crippen molar-refractivity contribution in [1.82, 2.24) is 15.2 Å². The van der Waals surface area contributed by atoms with Crippen LogP contribution in [0.3, 0.4) is 0 Å². The van der Waals surface area contributed by atoms with E-state index in [0.29, 0.717) is 13.2 Å². The van der Waals surface area contributed by atoms with Crippen LogP contribution in [0.4, 0.5) is 4.79 Å². The highest BCUT2D eigenvalue weighted by Crippen LogP contribution is 2.19. The minimum atomic E-state index is -0.160. The summed E-state index contributed by atoms with van der Waals surface area (Å²) >= 11 is 0. The molecule has 0 saturated heterocycles. The summed E-state index contributed by atoms with van der Waals surface area (Å²) in [6.07, 6.45) is 3.42. The molecule has 2 rings (SSSR count). The van der Waals surface area contributed by atoms with Crippen molar-refractivity contribution in [2.45, 2.75) is 19.5 Å². The number of hydrogen-bond acceptors (Lipinski definition) is 3. The lowest BCUT2D eigenvalue weighted by Crippen LogP contribution is -2.38. The van der Waals surface area contributed by atoms with Crippen LogP contribution in [0.25, 0.3) is 0 Å². The van der Waals surface area contributed by atoms with Gasteiger partial charge < -0.3 is 15.0 Å². The van der Waals surface area contributed by atoms with Gasteiger partial charge >= 0.3 is 6.03 Å². The number of urea groups is 1. The molecule has 0 aliphatic heterocycles. The SMILES string of the molecule is C=CCOc1ccccc1CNC(=O)N(C)[C@@H](C)c1ccccn1. The topological polar surface area (TPSA) is 54.5 Å². The minimum absolute atomic E-state index is 0.113. The number of rotatable bonds is 7. The van der Waals surface area contributed by atoms with E-state index in [2.05, 4.69) is 16.9 Å². The molecule has 126 valence electrons. The van der Waals surface area contributed by atoms with Gasteiger partial charge in [0, 0.05) is 25.4 Å². The molecule has 5 nitrogen and oxygen atoms in total. The first-order valence-electron chi connectivity index (χ1n) is 7.86. The van der Waals surface area contributed by atoms with Gasteiger partial charge in [0.15, 0.2) is 0 Å². The molecule has 1 N–H and O–H groups in total. The fraction of sp³-hybridized carbons (Fsp3) is 0.263. The van der Waals surface area contributed by atoms with E-state index in [9.17, 15) is 4.79 Å². The number of amides is 2. The van der Waals surface area contributed by atoms with Crippen molar-refractivity contribution in [3.05, 3.63) is 72.6 Å². The maximum Gasteiger partial charge on any atom is 0.317 e. The molecule has 0 saturated carbocycles. The number of nitrogens with zero attached hydrogens (tertiary/aromatic N) is 2. The Labute approximate surface area is 143 Å². The third kappa shape index (κ3) is 4.59. The van der Waals surface area contributed by atoms with Crippen LogP contribution in [0.1, 0.15) is 24.2 Å². The summed E-state index contributed by atoms with van der Waals surface area (Å²) in [5.74, 6) is 0.748. The zero-order valence-corrected chi connectivity index (χ0v) is 14.1. The Kier molecular flexibility index (Phi) is 6.37. The average molecular weight is 325 g/mol. The summed E-state index contributed by atoms with van der Waals surface area (Å²) in [6, 6.07) is 13.0. The van der Waals surface area contributed by atoms with Crippen LogP contribution in [0, 0.1) is 0 Å². The molecular weight excluding hydrogens is 302 g/mol. The van der Waals surface area contributed by atoms with Crippen LogP contribution in [0.5, 0.6) is 5.75 Å². The van der Waals surface area contributed by atoms with E-state index in [1.54, 1.807) is 24.2 Å². The number of aromatic nitrogens is 1. The first-order valence-corrected chi connectivity index (χ1v) is 7.86. The van der Waals surface area contributed by atoms with E-state index in [4.69, 9.17) is 4.74 Å². The van der Waals surface area contributed by atoms with E-state index in [1.165, 1.54) is 0 Å². The van der Waals surface area contributed by atoms with Crippen molar-refractivity contribution in [3.8, 4) is 5.75 Å². The van der Waals surface area contributed by atoms with Gasteiger partial charge in [-0.25, -0.2) is 4.79 Å². The van der Waals surface area contributed by atoms with Crippen molar-refractivity contribution in [3.63, 3.8) is 0 Å². The molecular formula is C19H23N3O2. The van der Waals surface area contributed by atoms with Crippen LogP contribution in [0.2, 0.25) is 0 Å².